The summed E-state index contributed by atoms with van der Waals surface area (Å²) in [5.74, 6) is 6.48. The smallest absolute Gasteiger partial charge is 0.0792 e. The molecule has 0 heterocycles. The van der Waals surface area contributed by atoms with Crippen LogP contribution < -0.4 is 20.7 Å². The molecule has 4 aliphatic rings. The van der Waals surface area contributed by atoms with E-state index in [-0.39, 0.29) is 10.8 Å². The molecule has 0 radical (unpaired) electrons. The van der Waals surface area contributed by atoms with Gasteiger partial charge in [-0.25, -0.2) is 0 Å². The van der Waals surface area contributed by atoms with Crippen LogP contribution in [0.25, 0.3) is 0 Å². The largest absolute Gasteiger partial charge is 0.115 e. The highest BCUT2D eigenvalue weighted by Gasteiger charge is 2.66. The zero-order chi connectivity index (χ0) is 33.1. The first-order chi connectivity index (χ1) is 19.8. The van der Waals surface area contributed by atoms with Gasteiger partial charge in [-0.15, -0.1) is 12.8 Å². The van der Waals surface area contributed by atoms with E-state index in [9.17, 15) is 0 Å². The first-order valence-electron chi connectivity index (χ1n) is 17.1. The molecule has 0 amide bonds. The van der Waals surface area contributed by atoms with Crippen molar-refractivity contribution in [1.29, 1.82) is 0 Å². The third kappa shape index (κ3) is 5.55. The zero-order valence-electron chi connectivity index (χ0n) is 30.7. The molecule has 0 atom stereocenters. The molecule has 4 bridgehead atoms. The molecule has 4 saturated carbocycles. The highest BCUT2D eigenvalue weighted by atomic mass is 28.3. The molecule has 4 aliphatic carbocycles. The van der Waals surface area contributed by atoms with E-state index in [0.29, 0.717) is 10.8 Å². The molecular weight excluding hydrogens is 593 g/mol. The Bertz CT molecular complexity index is 1400. The second-order valence-corrected chi connectivity index (χ2v) is 40.6. The van der Waals surface area contributed by atoms with Gasteiger partial charge in [0.05, 0.1) is 32.3 Å². The predicted octanol–water partition coefficient (Wildman–Crippen LogP) is 8.40. The molecule has 0 N–H and O–H groups in total. The summed E-state index contributed by atoms with van der Waals surface area (Å²) in [5.41, 5.74) is 6.82. The molecule has 4 fully saturated rings. The van der Waals surface area contributed by atoms with Gasteiger partial charge in [-0.2, -0.15) is 0 Å². The highest BCUT2D eigenvalue weighted by molar-refractivity contribution is 6.93. The van der Waals surface area contributed by atoms with Gasteiger partial charge in [0.1, 0.15) is 0 Å². The van der Waals surface area contributed by atoms with Gasteiger partial charge in [-0.3, -0.25) is 0 Å². The van der Waals surface area contributed by atoms with Crippen LogP contribution in [0.1, 0.15) is 74.6 Å². The molecule has 6 rings (SSSR count). The van der Waals surface area contributed by atoms with Gasteiger partial charge < -0.3 is 0 Å². The van der Waals surface area contributed by atoms with E-state index >= 15 is 0 Å². The van der Waals surface area contributed by atoms with Gasteiger partial charge >= 0.3 is 0 Å². The monoisotopic (exact) mass is 652 g/mol. The summed E-state index contributed by atoms with van der Waals surface area (Å²) in [7, 11) is -6.69. The maximum atomic E-state index is 6.35. The lowest BCUT2D eigenvalue weighted by Crippen LogP contribution is -2.64. The number of hydrogen-bond acceptors (Lipinski definition) is 0. The number of hydrogen-bond donors (Lipinski definition) is 0. The van der Waals surface area contributed by atoms with E-state index in [1.807, 2.05) is 0 Å². The van der Waals surface area contributed by atoms with Crippen molar-refractivity contribution in [1.82, 2.24) is 0 Å². The molecule has 0 aromatic heterocycles. The Kier molecular flexibility index (Phi) is 7.65. The number of benzene rings is 2. The highest BCUT2D eigenvalue weighted by Crippen LogP contribution is 2.74. The maximum absolute atomic E-state index is 6.35. The molecule has 0 nitrogen and oxygen atoms in total. The van der Waals surface area contributed by atoms with Crippen LogP contribution in [0.2, 0.25) is 78.6 Å². The van der Waals surface area contributed by atoms with Crippen LogP contribution in [0.5, 0.6) is 0 Å². The van der Waals surface area contributed by atoms with E-state index in [2.05, 4.69) is 129 Å². The topological polar surface area (TPSA) is 0 Å². The Balaban J connectivity index is 1.82. The quantitative estimate of drug-likeness (QED) is 0.217. The summed E-state index contributed by atoms with van der Waals surface area (Å²) in [6, 6.07) is 10.6. The molecule has 236 valence electrons. The Morgan fingerprint density at radius 3 is 0.909 bits per heavy atom. The molecule has 0 aliphatic heterocycles. The van der Waals surface area contributed by atoms with Gasteiger partial charge in [0.15, 0.2) is 0 Å². The third-order valence-electron chi connectivity index (χ3n) is 11.6. The van der Waals surface area contributed by atoms with Crippen molar-refractivity contribution < 1.29 is 0 Å². The predicted molar refractivity (Wildman–Crippen MR) is 208 cm³/mol. The fourth-order valence-corrected chi connectivity index (χ4v) is 17.3. The summed E-state index contributed by atoms with van der Waals surface area (Å²) in [6.45, 7) is 35.2. The van der Waals surface area contributed by atoms with E-state index in [0.717, 1.165) is 0 Å². The fraction of sp³-hybridized carbons (Fsp3) is 0.600. The van der Waals surface area contributed by atoms with Crippen molar-refractivity contribution >= 4 is 53.0 Å². The SMILES string of the molecule is C#Cc1c([Si](C)(C)C)cc(C23CC4(C)CC(C)(C2)CC(c2cc([Si](C)(C)C)c(C#C)c([Si](C)(C)C)c2)(C4)C3)cc1[Si](C)(C)C. The summed E-state index contributed by atoms with van der Waals surface area (Å²) >= 11 is 0. The van der Waals surface area contributed by atoms with Crippen LogP contribution in [0.4, 0.5) is 0 Å². The molecule has 2 aromatic rings. The van der Waals surface area contributed by atoms with Gasteiger partial charge in [0.2, 0.25) is 0 Å². The van der Waals surface area contributed by atoms with Crippen molar-refractivity contribution in [2.75, 3.05) is 0 Å². The van der Waals surface area contributed by atoms with Crippen LogP contribution in [0.3, 0.4) is 0 Å². The summed E-state index contributed by atoms with van der Waals surface area (Å²) < 4.78 is 0. The van der Waals surface area contributed by atoms with Crippen LogP contribution in [-0.4, -0.2) is 32.3 Å². The van der Waals surface area contributed by atoms with Crippen molar-refractivity contribution in [3.05, 3.63) is 46.5 Å². The minimum absolute atomic E-state index is 0.192. The van der Waals surface area contributed by atoms with E-state index in [4.69, 9.17) is 12.8 Å². The first kappa shape index (κ1) is 33.8. The molecule has 44 heavy (non-hydrogen) atoms. The van der Waals surface area contributed by atoms with Crippen LogP contribution in [0, 0.1) is 35.5 Å². The van der Waals surface area contributed by atoms with Gasteiger partial charge in [0, 0.05) is 11.1 Å². The fourth-order valence-electron chi connectivity index (χ4n) is 10.9. The minimum Gasteiger partial charge on any atom is -0.115 e. The summed E-state index contributed by atoms with van der Waals surface area (Å²) in [4.78, 5) is 0. The summed E-state index contributed by atoms with van der Waals surface area (Å²) in [5, 5.41) is 6.09. The third-order valence-corrected chi connectivity index (χ3v) is 19.7. The van der Waals surface area contributed by atoms with E-state index in [1.165, 1.54) is 70.4 Å². The Hall–Kier alpha value is -1.57. The molecule has 4 heteroatoms. The second kappa shape index (κ2) is 9.97. The van der Waals surface area contributed by atoms with E-state index in [1.54, 1.807) is 11.1 Å². The molecule has 0 saturated heterocycles. The number of rotatable bonds is 6. The maximum Gasteiger partial charge on any atom is 0.0792 e. The molecule has 2 aromatic carbocycles. The van der Waals surface area contributed by atoms with Crippen molar-refractivity contribution in [3.63, 3.8) is 0 Å². The summed E-state index contributed by atoms with van der Waals surface area (Å²) in [6.07, 6.45) is 20.6. The van der Waals surface area contributed by atoms with Crippen molar-refractivity contribution in [3.8, 4) is 24.7 Å². The number of terminal acetylenes is 2. The first-order valence-corrected chi connectivity index (χ1v) is 31.1. The Morgan fingerprint density at radius 2 is 0.705 bits per heavy atom. The van der Waals surface area contributed by atoms with Gasteiger partial charge in [-0.1, -0.05) is 129 Å². The second-order valence-electron chi connectivity index (χ2n) is 20.4. The normalized spacial score (nSPS) is 30.3. The molecule has 0 unspecified atom stereocenters. The Labute approximate surface area is 275 Å². The molecular formula is C40H60Si4. The van der Waals surface area contributed by atoms with Crippen LogP contribution in [0.15, 0.2) is 24.3 Å². The van der Waals surface area contributed by atoms with Crippen molar-refractivity contribution in [2.45, 2.75) is 142 Å². The van der Waals surface area contributed by atoms with Crippen LogP contribution >= 0.6 is 0 Å². The Morgan fingerprint density at radius 1 is 0.455 bits per heavy atom. The van der Waals surface area contributed by atoms with Gasteiger partial charge in [0.25, 0.3) is 0 Å². The standard InChI is InChI=1S/C40H60Si4/c1-17-31-33(41(5,6)7)19-29(20-34(31)42(8,9)10)39-24-37(3)23-38(4,25-39)27-40(26-37,28-39)30-21-35(43(11,12)13)32(18-2)36(22-30)44(14,15)16/h1-2,19-22H,23-28H2,3-16H3. The van der Waals surface area contributed by atoms with E-state index < -0.39 is 32.3 Å². The van der Waals surface area contributed by atoms with Crippen LogP contribution in [-0.2, 0) is 10.8 Å². The lowest BCUT2D eigenvalue weighted by Gasteiger charge is -2.70. The van der Waals surface area contributed by atoms with Gasteiger partial charge in [-0.05, 0) is 92.1 Å². The average molecular weight is 653 g/mol. The molecule has 0 spiro atoms. The zero-order valence-corrected chi connectivity index (χ0v) is 34.7. The lowest BCUT2D eigenvalue weighted by atomic mass is 9.34. The van der Waals surface area contributed by atoms with Crippen molar-refractivity contribution in [2.24, 2.45) is 10.8 Å². The minimum atomic E-state index is -1.67. The average Bonchev–Trinajstić information content (AvgIpc) is 2.82. The lowest BCUT2D eigenvalue weighted by molar-refractivity contribution is -0.126.